The predicted octanol–water partition coefficient (Wildman–Crippen LogP) is 2.71. The molecule has 0 aliphatic carbocycles. The highest BCUT2D eigenvalue weighted by molar-refractivity contribution is 6.34. The Morgan fingerprint density at radius 3 is 2.61 bits per heavy atom. The molecule has 0 amide bonds. The summed E-state index contributed by atoms with van der Waals surface area (Å²) in [6.07, 6.45) is 0. The molecule has 0 saturated carbocycles. The second-order valence-corrected chi connectivity index (χ2v) is 5.49. The van der Waals surface area contributed by atoms with Gasteiger partial charge in [-0.3, -0.25) is 4.90 Å². The third-order valence-corrected chi connectivity index (χ3v) is 3.75. The van der Waals surface area contributed by atoms with E-state index in [-0.39, 0.29) is 6.04 Å². The van der Waals surface area contributed by atoms with Crippen LogP contribution in [-0.4, -0.2) is 37.2 Å². The van der Waals surface area contributed by atoms with Crippen molar-refractivity contribution in [1.82, 2.24) is 4.90 Å². The van der Waals surface area contributed by atoms with Crippen LogP contribution in [0.3, 0.4) is 0 Å². The minimum absolute atomic E-state index is 0.139. The van der Waals surface area contributed by atoms with Crippen molar-refractivity contribution >= 4 is 23.2 Å². The quantitative estimate of drug-likeness (QED) is 0.930. The predicted molar refractivity (Wildman–Crippen MR) is 75.2 cm³/mol. The number of morpholine rings is 1. The van der Waals surface area contributed by atoms with Crippen molar-refractivity contribution < 1.29 is 4.74 Å². The van der Waals surface area contributed by atoms with Crippen LogP contribution < -0.4 is 5.73 Å². The summed E-state index contributed by atoms with van der Waals surface area (Å²) in [6.45, 7) is 5.06. The third-order valence-electron chi connectivity index (χ3n) is 3.31. The number of hydrogen-bond donors (Lipinski definition) is 1. The van der Waals surface area contributed by atoms with E-state index in [1.165, 1.54) is 0 Å². The van der Waals surface area contributed by atoms with Gasteiger partial charge in [-0.05, 0) is 30.7 Å². The summed E-state index contributed by atoms with van der Waals surface area (Å²) in [5, 5.41) is 1.30. The Morgan fingerprint density at radius 1 is 1.39 bits per heavy atom. The van der Waals surface area contributed by atoms with Crippen molar-refractivity contribution in [3.8, 4) is 0 Å². The molecule has 100 valence electrons. The lowest BCUT2D eigenvalue weighted by atomic mass is 10.0. The number of rotatable bonds is 3. The Bertz CT molecular complexity index is 394. The van der Waals surface area contributed by atoms with Crippen LogP contribution in [0.25, 0.3) is 0 Å². The van der Waals surface area contributed by atoms with E-state index in [0.29, 0.717) is 22.6 Å². The van der Waals surface area contributed by atoms with Gasteiger partial charge in [0.2, 0.25) is 0 Å². The van der Waals surface area contributed by atoms with Gasteiger partial charge in [0.25, 0.3) is 0 Å². The maximum atomic E-state index is 6.06. The number of ether oxygens (including phenoxy) is 1. The van der Waals surface area contributed by atoms with Gasteiger partial charge in [-0.1, -0.05) is 23.2 Å². The molecule has 1 fully saturated rings. The monoisotopic (exact) mass is 288 g/mol. The van der Waals surface area contributed by atoms with Crippen LogP contribution >= 0.6 is 23.2 Å². The first-order valence-electron chi connectivity index (χ1n) is 6.11. The summed E-state index contributed by atoms with van der Waals surface area (Å²) in [4.78, 5) is 2.35. The average molecular weight is 289 g/mol. The average Bonchev–Trinajstić information content (AvgIpc) is 2.31. The van der Waals surface area contributed by atoms with Gasteiger partial charge in [-0.15, -0.1) is 0 Å². The lowest BCUT2D eigenvalue weighted by Crippen LogP contribution is -2.47. The van der Waals surface area contributed by atoms with E-state index >= 15 is 0 Å². The molecule has 2 N–H and O–H groups in total. The van der Waals surface area contributed by atoms with Crippen LogP contribution in [-0.2, 0) is 4.74 Å². The summed E-state index contributed by atoms with van der Waals surface area (Å²) in [7, 11) is 0. The van der Waals surface area contributed by atoms with Crippen LogP contribution in [0, 0.1) is 0 Å². The molecule has 1 aliphatic rings. The standard InChI is InChI=1S/C13H18Cl2N2O/c1-9-8-18-3-2-17(9)13(7-16)10-4-11(14)6-12(15)5-10/h4-6,9,13H,2-3,7-8,16H2,1H3. The lowest BCUT2D eigenvalue weighted by molar-refractivity contribution is -0.0209. The fourth-order valence-corrected chi connectivity index (χ4v) is 2.98. The van der Waals surface area contributed by atoms with Crippen LogP contribution in [0.1, 0.15) is 18.5 Å². The fraction of sp³-hybridized carbons (Fsp3) is 0.538. The molecule has 5 heteroatoms. The van der Waals surface area contributed by atoms with Gasteiger partial charge in [0, 0.05) is 35.2 Å². The molecular weight excluding hydrogens is 271 g/mol. The normalized spacial score (nSPS) is 23.0. The molecule has 0 aromatic heterocycles. The minimum atomic E-state index is 0.139. The van der Waals surface area contributed by atoms with Gasteiger partial charge in [0.15, 0.2) is 0 Å². The second-order valence-electron chi connectivity index (χ2n) is 4.62. The number of benzene rings is 1. The van der Waals surface area contributed by atoms with E-state index in [1.807, 2.05) is 12.1 Å². The molecule has 1 aromatic carbocycles. The molecule has 0 bridgehead atoms. The molecule has 2 rings (SSSR count). The third kappa shape index (κ3) is 3.16. The second kappa shape index (κ2) is 6.22. The highest BCUT2D eigenvalue weighted by Crippen LogP contribution is 2.28. The summed E-state index contributed by atoms with van der Waals surface area (Å²) < 4.78 is 5.46. The van der Waals surface area contributed by atoms with E-state index in [4.69, 9.17) is 33.7 Å². The lowest BCUT2D eigenvalue weighted by Gasteiger charge is -2.39. The molecular formula is C13H18Cl2N2O. The highest BCUT2D eigenvalue weighted by Gasteiger charge is 2.27. The Labute approximate surface area is 118 Å². The van der Waals surface area contributed by atoms with Crippen LogP contribution in [0.2, 0.25) is 10.0 Å². The Hall–Kier alpha value is -0.320. The first-order valence-corrected chi connectivity index (χ1v) is 6.87. The zero-order valence-corrected chi connectivity index (χ0v) is 11.9. The topological polar surface area (TPSA) is 38.5 Å². The van der Waals surface area contributed by atoms with Gasteiger partial charge >= 0.3 is 0 Å². The van der Waals surface area contributed by atoms with Crippen molar-refractivity contribution in [1.29, 1.82) is 0 Å². The number of nitrogens with zero attached hydrogens (tertiary/aromatic N) is 1. The maximum absolute atomic E-state index is 6.06. The van der Waals surface area contributed by atoms with Gasteiger partial charge in [0.05, 0.1) is 13.2 Å². The Balaban J connectivity index is 2.26. The number of hydrogen-bond acceptors (Lipinski definition) is 3. The summed E-state index contributed by atoms with van der Waals surface area (Å²) >= 11 is 12.1. The van der Waals surface area contributed by atoms with Crippen molar-refractivity contribution in [2.75, 3.05) is 26.3 Å². The molecule has 2 unspecified atom stereocenters. The van der Waals surface area contributed by atoms with Crippen molar-refractivity contribution in [3.63, 3.8) is 0 Å². The first-order chi connectivity index (χ1) is 8.61. The van der Waals surface area contributed by atoms with Gasteiger partial charge in [-0.2, -0.15) is 0 Å². The molecule has 1 heterocycles. The van der Waals surface area contributed by atoms with Gasteiger partial charge in [-0.25, -0.2) is 0 Å². The molecule has 0 radical (unpaired) electrons. The van der Waals surface area contributed by atoms with Gasteiger partial charge in [0.1, 0.15) is 0 Å². The minimum Gasteiger partial charge on any atom is -0.379 e. The van der Waals surface area contributed by atoms with E-state index in [0.717, 1.165) is 25.3 Å². The fourth-order valence-electron chi connectivity index (χ4n) is 2.43. The maximum Gasteiger partial charge on any atom is 0.0620 e. The Kier molecular flexibility index (Phi) is 4.87. The van der Waals surface area contributed by atoms with Crippen molar-refractivity contribution in [2.45, 2.75) is 19.0 Å². The van der Waals surface area contributed by atoms with E-state index < -0.39 is 0 Å². The van der Waals surface area contributed by atoms with E-state index in [9.17, 15) is 0 Å². The van der Waals surface area contributed by atoms with Gasteiger partial charge < -0.3 is 10.5 Å². The molecule has 0 spiro atoms. The summed E-state index contributed by atoms with van der Waals surface area (Å²) in [5.74, 6) is 0. The van der Waals surface area contributed by atoms with Crippen LogP contribution in [0.15, 0.2) is 18.2 Å². The largest absolute Gasteiger partial charge is 0.379 e. The highest BCUT2D eigenvalue weighted by atomic mass is 35.5. The molecule has 18 heavy (non-hydrogen) atoms. The van der Waals surface area contributed by atoms with E-state index in [2.05, 4.69) is 11.8 Å². The number of halogens is 2. The molecule has 2 atom stereocenters. The summed E-state index contributed by atoms with van der Waals surface area (Å²) in [6, 6.07) is 6.11. The van der Waals surface area contributed by atoms with Crippen molar-refractivity contribution in [3.05, 3.63) is 33.8 Å². The molecule has 1 aliphatic heterocycles. The Morgan fingerprint density at radius 2 is 2.06 bits per heavy atom. The zero-order valence-electron chi connectivity index (χ0n) is 10.4. The van der Waals surface area contributed by atoms with E-state index in [1.54, 1.807) is 6.07 Å². The summed E-state index contributed by atoms with van der Waals surface area (Å²) in [5.41, 5.74) is 7.00. The molecule has 3 nitrogen and oxygen atoms in total. The van der Waals surface area contributed by atoms with Crippen molar-refractivity contribution in [2.24, 2.45) is 5.73 Å². The smallest absolute Gasteiger partial charge is 0.0620 e. The zero-order chi connectivity index (χ0) is 13.1. The first kappa shape index (κ1) is 14.1. The molecule has 1 saturated heterocycles. The van der Waals surface area contributed by atoms with Crippen LogP contribution in [0.4, 0.5) is 0 Å². The van der Waals surface area contributed by atoms with Crippen LogP contribution in [0.5, 0.6) is 0 Å². The number of nitrogens with two attached hydrogens (primary N) is 1. The SMILES string of the molecule is CC1COCCN1C(CN)c1cc(Cl)cc(Cl)c1. The molecule has 1 aromatic rings.